The average molecular weight is 441 g/mol. The zero-order valence-electron chi connectivity index (χ0n) is 14.9. The zero-order valence-corrected chi connectivity index (χ0v) is 17.3. The number of hydrogen-bond acceptors (Lipinski definition) is 8. The Balaban J connectivity index is 1.36. The van der Waals surface area contributed by atoms with Crippen LogP contribution < -0.4 is 19.7 Å². The van der Waals surface area contributed by atoms with E-state index < -0.39 is 0 Å². The van der Waals surface area contributed by atoms with E-state index in [-0.39, 0.29) is 23.6 Å². The van der Waals surface area contributed by atoms with Gasteiger partial charge in [0.25, 0.3) is 0 Å². The molecule has 2 heterocycles. The first-order chi connectivity index (χ1) is 13.5. The maximum Gasteiger partial charge on any atom is 0.234 e. The maximum atomic E-state index is 12.3. The van der Waals surface area contributed by atoms with Crippen molar-refractivity contribution in [3.8, 4) is 11.5 Å². The number of anilines is 2. The van der Waals surface area contributed by atoms with Gasteiger partial charge in [0, 0.05) is 25.1 Å². The van der Waals surface area contributed by atoms with Crippen LogP contribution in [0.3, 0.4) is 0 Å². The summed E-state index contributed by atoms with van der Waals surface area (Å²) < 4.78 is 11.6. The van der Waals surface area contributed by atoms with E-state index >= 15 is 0 Å². The molecule has 0 bridgehead atoms. The molecule has 2 aromatic rings. The Hall–Kier alpha value is -2.04. The number of ether oxygens (including phenoxy) is 2. The molecule has 148 valence electrons. The third-order valence-corrected chi connectivity index (χ3v) is 6.45. The summed E-state index contributed by atoms with van der Waals surface area (Å²) >= 11 is 8.78. The number of carbonyl (C=O) groups excluding carboxylic acids is 2. The summed E-state index contributed by atoms with van der Waals surface area (Å²) in [5.74, 6) is 0.989. The highest BCUT2D eigenvalue weighted by Gasteiger charge is 2.34. The van der Waals surface area contributed by atoms with Gasteiger partial charge in [-0.3, -0.25) is 14.5 Å². The number of hydrogen-bond donors (Lipinski definition) is 1. The second kappa shape index (κ2) is 8.14. The lowest BCUT2D eigenvalue weighted by Crippen LogP contribution is -2.30. The second-order valence-corrected chi connectivity index (χ2v) is 8.87. The number of thioether (sulfide) groups is 1. The number of benzene rings is 1. The second-order valence-electron chi connectivity index (χ2n) is 6.28. The summed E-state index contributed by atoms with van der Waals surface area (Å²) in [6.45, 7) is 2.45. The van der Waals surface area contributed by atoms with Crippen molar-refractivity contribution in [3.63, 3.8) is 0 Å². The Labute approximate surface area is 174 Å². The van der Waals surface area contributed by atoms with Gasteiger partial charge in [-0.25, -0.2) is 0 Å². The summed E-state index contributed by atoms with van der Waals surface area (Å²) in [7, 11) is 0. The first-order valence-corrected chi connectivity index (χ1v) is 10.8. The fourth-order valence-corrected chi connectivity index (χ4v) is 4.67. The van der Waals surface area contributed by atoms with Crippen LogP contribution in [0.5, 0.6) is 11.5 Å². The maximum absolute atomic E-state index is 12.3. The molecule has 1 aliphatic heterocycles. The molecule has 0 atom stereocenters. The van der Waals surface area contributed by atoms with Crippen LogP contribution >= 0.6 is 34.7 Å². The first kappa shape index (κ1) is 19.3. The normalized spacial score (nSPS) is 15.2. The fraction of sp³-hybridized carbons (Fsp3) is 0.412. The molecule has 0 unspecified atom stereocenters. The van der Waals surface area contributed by atoms with Crippen LogP contribution in [0.15, 0.2) is 16.5 Å². The summed E-state index contributed by atoms with van der Waals surface area (Å²) in [6.07, 6.45) is 1.97. The van der Waals surface area contributed by atoms with E-state index in [0.717, 1.165) is 12.8 Å². The lowest BCUT2D eigenvalue weighted by Gasteiger charge is -2.19. The molecule has 4 rings (SSSR count). The van der Waals surface area contributed by atoms with Gasteiger partial charge < -0.3 is 14.8 Å². The van der Waals surface area contributed by atoms with Crippen LogP contribution in [-0.2, 0) is 9.59 Å². The van der Waals surface area contributed by atoms with Crippen molar-refractivity contribution >= 4 is 57.3 Å². The lowest BCUT2D eigenvalue weighted by molar-refractivity contribution is -0.116. The number of halogens is 1. The molecule has 11 heteroatoms. The van der Waals surface area contributed by atoms with Crippen molar-refractivity contribution in [2.24, 2.45) is 0 Å². The summed E-state index contributed by atoms with van der Waals surface area (Å²) in [6, 6.07) is 3.51. The van der Waals surface area contributed by atoms with Gasteiger partial charge in [-0.2, -0.15) is 0 Å². The smallest absolute Gasteiger partial charge is 0.234 e. The first-order valence-electron chi connectivity index (χ1n) is 8.66. The van der Waals surface area contributed by atoms with E-state index in [1.807, 2.05) is 0 Å². The Kier molecular flexibility index (Phi) is 5.61. The molecule has 0 radical (unpaired) electrons. The molecule has 1 fully saturated rings. The molecule has 1 aromatic carbocycles. The van der Waals surface area contributed by atoms with Crippen molar-refractivity contribution in [2.75, 3.05) is 29.2 Å². The number of aromatic nitrogens is 2. The topological polar surface area (TPSA) is 93.7 Å². The molecule has 28 heavy (non-hydrogen) atoms. The minimum atomic E-state index is -0.231. The van der Waals surface area contributed by atoms with E-state index in [0.29, 0.717) is 44.9 Å². The monoisotopic (exact) mass is 440 g/mol. The third-order valence-electron chi connectivity index (χ3n) is 4.09. The van der Waals surface area contributed by atoms with Gasteiger partial charge in [0.05, 0.1) is 16.5 Å². The molecule has 0 spiro atoms. The van der Waals surface area contributed by atoms with E-state index in [2.05, 4.69) is 15.5 Å². The van der Waals surface area contributed by atoms with Crippen LogP contribution in [0.1, 0.15) is 19.8 Å². The minimum Gasteiger partial charge on any atom is -0.486 e. The summed E-state index contributed by atoms with van der Waals surface area (Å²) in [5, 5.41) is 11.9. The molecule has 2 amide bonds. The number of carbonyl (C=O) groups is 2. The number of nitrogens with zero attached hydrogens (tertiary/aromatic N) is 3. The molecular weight excluding hydrogens is 424 g/mol. The van der Waals surface area contributed by atoms with Gasteiger partial charge in [-0.05, 0) is 12.8 Å². The largest absolute Gasteiger partial charge is 0.486 e. The highest BCUT2D eigenvalue weighted by molar-refractivity contribution is 8.01. The van der Waals surface area contributed by atoms with Crippen LogP contribution in [0.2, 0.25) is 5.02 Å². The zero-order chi connectivity index (χ0) is 19.7. The highest BCUT2D eigenvalue weighted by atomic mass is 35.5. The highest BCUT2D eigenvalue weighted by Crippen LogP contribution is 2.38. The van der Waals surface area contributed by atoms with Gasteiger partial charge >= 0.3 is 0 Å². The Morgan fingerprint density at radius 1 is 1.29 bits per heavy atom. The van der Waals surface area contributed by atoms with Crippen molar-refractivity contribution in [2.45, 2.75) is 30.1 Å². The molecule has 2 aliphatic rings. The number of fused-ring (bicyclic) bond motifs is 1. The molecule has 1 aliphatic carbocycles. The van der Waals surface area contributed by atoms with E-state index in [1.165, 1.54) is 30.0 Å². The average Bonchev–Trinajstić information content (AvgIpc) is 3.38. The molecule has 8 nitrogen and oxygen atoms in total. The van der Waals surface area contributed by atoms with Crippen LogP contribution in [0, 0.1) is 0 Å². The van der Waals surface area contributed by atoms with Gasteiger partial charge in [0.2, 0.25) is 16.9 Å². The predicted octanol–water partition coefficient (Wildman–Crippen LogP) is 3.21. The van der Waals surface area contributed by atoms with Gasteiger partial charge in [-0.1, -0.05) is 34.7 Å². The van der Waals surface area contributed by atoms with Crippen molar-refractivity contribution in [1.29, 1.82) is 0 Å². The van der Waals surface area contributed by atoms with Crippen molar-refractivity contribution < 1.29 is 19.1 Å². The Morgan fingerprint density at radius 2 is 2.00 bits per heavy atom. The molecule has 1 N–H and O–H groups in total. The number of nitrogens with one attached hydrogen (secondary N) is 1. The van der Waals surface area contributed by atoms with Gasteiger partial charge in [0.1, 0.15) is 13.2 Å². The van der Waals surface area contributed by atoms with Crippen LogP contribution in [-0.4, -0.2) is 47.0 Å². The molecular formula is C17H17ClN4O4S2. The molecule has 1 aromatic heterocycles. The number of amides is 2. The minimum absolute atomic E-state index is 0.0406. The Morgan fingerprint density at radius 3 is 2.68 bits per heavy atom. The van der Waals surface area contributed by atoms with E-state index in [1.54, 1.807) is 17.0 Å². The summed E-state index contributed by atoms with van der Waals surface area (Å²) in [4.78, 5) is 25.8. The third kappa shape index (κ3) is 4.34. The SMILES string of the molecule is CC(=O)N(c1nnc(SCC(=O)Nc2cc3c(cc2Cl)OCCO3)s1)C1CC1. The van der Waals surface area contributed by atoms with E-state index in [4.69, 9.17) is 21.1 Å². The Bertz CT molecular complexity index is 919. The fourth-order valence-electron chi connectivity index (χ4n) is 2.71. The standard InChI is InChI=1S/C17H17ClN4O4S2/c1-9(23)22(10-2-3-10)16-20-21-17(28-16)27-8-15(24)19-12-7-14-13(6-11(12)18)25-4-5-26-14/h6-7,10H,2-5,8H2,1H3,(H,19,24). The van der Waals surface area contributed by atoms with E-state index in [9.17, 15) is 9.59 Å². The predicted molar refractivity (Wildman–Crippen MR) is 108 cm³/mol. The molecule has 1 saturated carbocycles. The quantitative estimate of drug-likeness (QED) is 0.544. The van der Waals surface area contributed by atoms with Crippen LogP contribution in [0.25, 0.3) is 0 Å². The number of rotatable bonds is 6. The van der Waals surface area contributed by atoms with Gasteiger partial charge in [-0.15, -0.1) is 10.2 Å². The van der Waals surface area contributed by atoms with Crippen molar-refractivity contribution in [1.82, 2.24) is 10.2 Å². The molecule has 0 saturated heterocycles. The lowest BCUT2D eigenvalue weighted by atomic mass is 10.2. The summed E-state index contributed by atoms with van der Waals surface area (Å²) in [5.41, 5.74) is 0.464. The van der Waals surface area contributed by atoms with Gasteiger partial charge in [0.15, 0.2) is 15.8 Å². The van der Waals surface area contributed by atoms with Crippen LogP contribution in [0.4, 0.5) is 10.8 Å². The van der Waals surface area contributed by atoms with Crippen molar-refractivity contribution in [3.05, 3.63) is 17.2 Å².